The summed E-state index contributed by atoms with van der Waals surface area (Å²) in [5.74, 6) is -0.134. The van der Waals surface area contributed by atoms with Crippen LogP contribution in [0.25, 0.3) is 0 Å². The fourth-order valence-electron chi connectivity index (χ4n) is 1.87. The Balaban J connectivity index is 2.10. The van der Waals surface area contributed by atoms with Gasteiger partial charge in [-0.15, -0.1) is 0 Å². The molecule has 1 aromatic rings. The highest BCUT2D eigenvalue weighted by atomic mass is 16.7. The van der Waals surface area contributed by atoms with Gasteiger partial charge in [0.2, 0.25) is 5.91 Å². The van der Waals surface area contributed by atoms with Crippen LogP contribution in [0.2, 0.25) is 0 Å². The second-order valence-corrected chi connectivity index (χ2v) is 4.15. The van der Waals surface area contributed by atoms with Crippen molar-refractivity contribution in [3.8, 4) is 5.75 Å². The maximum atomic E-state index is 12.2. The second-order valence-electron chi connectivity index (χ2n) is 4.15. The molecule has 5 nitrogen and oxygen atoms in total. The number of carbonyl (C=O) groups is 2. The summed E-state index contributed by atoms with van der Waals surface area (Å²) in [6, 6.07) is 7.07. The number of carbonyl (C=O) groups excluding carboxylic acids is 2. The van der Waals surface area contributed by atoms with Crippen molar-refractivity contribution in [2.24, 2.45) is 5.92 Å². The van der Waals surface area contributed by atoms with E-state index in [9.17, 15) is 9.59 Å². The predicted octanol–water partition coefficient (Wildman–Crippen LogP) is 1.29. The molecule has 1 aromatic carbocycles. The van der Waals surface area contributed by atoms with Crippen LogP contribution in [0.1, 0.15) is 16.8 Å². The molecule has 0 fully saturated rings. The molecule has 0 saturated carbocycles. The van der Waals surface area contributed by atoms with E-state index in [-0.39, 0.29) is 24.7 Å². The van der Waals surface area contributed by atoms with Crippen molar-refractivity contribution in [3.05, 3.63) is 29.8 Å². The van der Waals surface area contributed by atoms with Gasteiger partial charge in [0, 0.05) is 13.5 Å². The van der Waals surface area contributed by atoms with Crippen LogP contribution < -0.4 is 4.74 Å². The van der Waals surface area contributed by atoms with Crippen LogP contribution in [0.5, 0.6) is 5.75 Å². The van der Waals surface area contributed by atoms with Crippen LogP contribution in [0.15, 0.2) is 24.3 Å². The molecule has 18 heavy (non-hydrogen) atoms. The summed E-state index contributed by atoms with van der Waals surface area (Å²) in [6.07, 6.45) is 0.0947. The number of hydrogen-bond acceptors (Lipinski definition) is 4. The Morgan fingerprint density at radius 3 is 2.94 bits per heavy atom. The first-order valence-corrected chi connectivity index (χ1v) is 5.70. The first-order valence-electron chi connectivity index (χ1n) is 5.70. The van der Waals surface area contributed by atoms with Crippen molar-refractivity contribution in [1.29, 1.82) is 0 Å². The Bertz CT molecular complexity index is 472. The first-order chi connectivity index (χ1) is 8.63. The molecule has 1 aliphatic heterocycles. The van der Waals surface area contributed by atoms with Crippen LogP contribution in [0, 0.1) is 5.92 Å². The lowest BCUT2D eigenvalue weighted by atomic mass is 9.92. The van der Waals surface area contributed by atoms with Gasteiger partial charge in [-0.3, -0.25) is 14.4 Å². The molecule has 1 heterocycles. The number of rotatable bonds is 3. The lowest BCUT2D eigenvalue weighted by Gasteiger charge is -2.24. The van der Waals surface area contributed by atoms with Crippen LogP contribution >= 0.6 is 0 Å². The SMILES string of the molecule is CON(C)C(=O)CC1COc2ccccc2C1=O. The van der Waals surface area contributed by atoms with Crippen molar-refractivity contribution in [2.75, 3.05) is 20.8 Å². The molecule has 96 valence electrons. The van der Waals surface area contributed by atoms with E-state index in [0.29, 0.717) is 11.3 Å². The minimum absolute atomic E-state index is 0.0466. The number of benzene rings is 1. The number of fused-ring (bicyclic) bond motifs is 1. The highest BCUT2D eigenvalue weighted by Gasteiger charge is 2.31. The normalized spacial score (nSPS) is 17.9. The van der Waals surface area contributed by atoms with Gasteiger partial charge in [0.05, 0.1) is 25.2 Å². The molecule has 5 heteroatoms. The number of para-hydroxylation sites is 1. The molecule has 0 bridgehead atoms. The Hall–Kier alpha value is -1.88. The third-order valence-corrected chi connectivity index (χ3v) is 3.01. The van der Waals surface area contributed by atoms with E-state index in [0.717, 1.165) is 5.06 Å². The van der Waals surface area contributed by atoms with Gasteiger partial charge in [-0.1, -0.05) is 12.1 Å². The lowest BCUT2D eigenvalue weighted by molar-refractivity contribution is -0.169. The Labute approximate surface area is 105 Å². The highest BCUT2D eigenvalue weighted by Crippen LogP contribution is 2.28. The molecule has 0 spiro atoms. The molecule has 0 aromatic heterocycles. The molecule has 2 rings (SSSR count). The number of nitrogens with zero attached hydrogens (tertiary/aromatic N) is 1. The molecule has 1 atom stereocenters. The maximum Gasteiger partial charge on any atom is 0.246 e. The minimum atomic E-state index is -0.440. The summed E-state index contributed by atoms with van der Waals surface area (Å²) in [4.78, 5) is 28.7. The van der Waals surface area contributed by atoms with Gasteiger partial charge in [-0.2, -0.15) is 0 Å². The van der Waals surface area contributed by atoms with E-state index >= 15 is 0 Å². The van der Waals surface area contributed by atoms with Crippen molar-refractivity contribution in [3.63, 3.8) is 0 Å². The van der Waals surface area contributed by atoms with Gasteiger partial charge in [-0.25, -0.2) is 5.06 Å². The van der Waals surface area contributed by atoms with Gasteiger partial charge in [0.1, 0.15) is 5.75 Å². The fourth-order valence-corrected chi connectivity index (χ4v) is 1.87. The third kappa shape index (κ3) is 2.36. The predicted molar refractivity (Wildman–Crippen MR) is 64.2 cm³/mol. The largest absolute Gasteiger partial charge is 0.492 e. The molecular formula is C13H15NO4. The smallest absolute Gasteiger partial charge is 0.246 e. The van der Waals surface area contributed by atoms with E-state index in [1.54, 1.807) is 18.2 Å². The minimum Gasteiger partial charge on any atom is -0.492 e. The zero-order valence-electron chi connectivity index (χ0n) is 10.4. The zero-order valence-corrected chi connectivity index (χ0v) is 10.4. The van der Waals surface area contributed by atoms with Crippen LogP contribution in [-0.2, 0) is 9.63 Å². The Kier molecular flexibility index (Phi) is 3.62. The molecule has 1 amide bonds. The highest BCUT2D eigenvalue weighted by molar-refractivity contribution is 6.02. The summed E-state index contributed by atoms with van der Waals surface area (Å²) in [5.41, 5.74) is 0.543. The van der Waals surface area contributed by atoms with Crippen LogP contribution in [0.3, 0.4) is 0 Å². The van der Waals surface area contributed by atoms with Crippen molar-refractivity contribution < 1.29 is 19.2 Å². The monoisotopic (exact) mass is 249 g/mol. The molecule has 1 aliphatic rings. The molecular weight excluding hydrogens is 234 g/mol. The van der Waals surface area contributed by atoms with Crippen LogP contribution in [0.4, 0.5) is 0 Å². The quantitative estimate of drug-likeness (QED) is 0.757. The summed E-state index contributed by atoms with van der Waals surface area (Å²) in [5, 5.41) is 1.12. The molecule has 0 aliphatic carbocycles. The van der Waals surface area contributed by atoms with Crippen molar-refractivity contribution in [2.45, 2.75) is 6.42 Å². The number of ether oxygens (including phenoxy) is 1. The first kappa shape index (κ1) is 12.6. The van der Waals surface area contributed by atoms with Gasteiger partial charge >= 0.3 is 0 Å². The summed E-state index contributed by atoms with van der Waals surface area (Å²) in [6.45, 7) is 0.235. The van der Waals surface area contributed by atoms with E-state index in [1.165, 1.54) is 14.2 Å². The number of amides is 1. The lowest BCUT2D eigenvalue weighted by Crippen LogP contribution is -2.34. The van der Waals surface area contributed by atoms with Gasteiger partial charge in [-0.05, 0) is 12.1 Å². The third-order valence-electron chi connectivity index (χ3n) is 3.01. The average Bonchev–Trinajstić information content (AvgIpc) is 2.41. The molecule has 1 unspecified atom stereocenters. The molecule has 0 radical (unpaired) electrons. The van der Waals surface area contributed by atoms with Crippen molar-refractivity contribution in [1.82, 2.24) is 5.06 Å². The summed E-state index contributed by atoms with van der Waals surface area (Å²) in [7, 11) is 2.93. The summed E-state index contributed by atoms with van der Waals surface area (Å²) < 4.78 is 5.49. The standard InChI is InChI=1S/C13H15NO4/c1-14(17-2)12(15)7-9-8-18-11-6-4-3-5-10(11)13(9)16/h3-6,9H,7-8H2,1-2H3. The van der Waals surface area contributed by atoms with E-state index in [1.807, 2.05) is 6.07 Å². The molecule has 0 saturated heterocycles. The Morgan fingerprint density at radius 2 is 2.22 bits per heavy atom. The second kappa shape index (κ2) is 5.18. The van der Waals surface area contributed by atoms with Gasteiger partial charge in [0.15, 0.2) is 5.78 Å². The summed E-state index contributed by atoms with van der Waals surface area (Å²) >= 11 is 0. The molecule has 0 N–H and O–H groups in total. The zero-order chi connectivity index (χ0) is 13.1. The van der Waals surface area contributed by atoms with Gasteiger partial charge < -0.3 is 4.74 Å². The van der Waals surface area contributed by atoms with E-state index in [2.05, 4.69) is 0 Å². The maximum absolute atomic E-state index is 12.2. The fraction of sp³-hybridized carbons (Fsp3) is 0.385. The Morgan fingerprint density at radius 1 is 1.50 bits per heavy atom. The average molecular weight is 249 g/mol. The number of Topliss-reactive ketones (excluding diaryl/α,β-unsaturated/α-hetero) is 1. The topological polar surface area (TPSA) is 55.8 Å². The number of hydrogen-bond donors (Lipinski definition) is 0. The number of ketones is 1. The van der Waals surface area contributed by atoms with E-state index < -0.39 is 5.92 Å². The van der Waals surface area contributed by atoms with Gasteiger partial charge in [0.25, 0.3) is 0 Å². The van der Waals surface area contributed by atoms with Crippen LogP contribution in [-0.4, -0.2) is 37.5 Å². The van der Waals surface area contributed by atoms with E-state index in [4.69, 9.17) is 9.57 Å². The van der Waals surface area contributed by atoms with Crippen molar-refractivity contribution >= 4 is 11.7 Å². The number of hydroxylamine groups is 2.